The number of aliphatic carboxylic acids is 1. The van der Waals surface area contributed by atoms with Crippen molar-refractivity contribution < 1.29 is 42.7 Å². The minimum absolute atomic E-state index is 0.0204. The second-order valence-electron chi connectivity index (χ2n) is 15.5. The summed E-state index contributed by atoms with van der Waals surface area (Å²) in [6, 6.07) is -1.47. The summed E-state index contributed by atoms with van der Waals surface area (Å²) in [5.41, 5.74) is 5.36. The molecule has 326 valence electrons. The van der Waals surface area contributed by atoms with Gasteiger partial charge in [0, 0.05) is 13.0 Å². The van der Waals surface area contributed by atoms with E-state index in [1.54, 1.807) is 0 Å². The van der Waals surface area contributed by atoms with Gasteiger partial charge in [-0.1, -0.05) is 187 Å². The average molecular weight is 804 g/mol. The van der Waals surface area contributed by atoms with Crippen LogP contribution in [-0.2, 0) is 32.7 Å². The van der Waals surface area contributed by atoms with E-state index < -0.39 is 45.1 Å². The first-order valence-corrected chi connectivity index (χ1v) is 24.2. The van der Waals surface area contributed by atoms with E-state index in [0.29, 0.717) is 6.61 Å². The zero-order chi connectivity index (χ0) is 40.5. The molecule has 0 aromatic rings. The predicted molar refractivity (Wildman–Crippen MR) is 226 cm³/mol. The van der Waals surface area contributed by atoms with Crippen LogP contribution in [0.1, 0.15) is 219 Å². The van der Waals surface area contributed by atoms with E-state index in [1.165, 1.54) is 161 Å². The van der Waals surface area contributed by atoms with Crippen LogP contribution in [0, 0.1) is 0 Å². The molecule has 0 rings (SSSR count). The van der Waals surface area contributed by atoms with Crippen molar-refractivity contribution in [2.75, 3.05) is 26.4 Å². The molecule has 0 aliphatic heterocycles. The summed E-state index contributed by atoms with van der Waals surface area (Å²) in [5.74, 6) is -1.77. The summed E-state index contributed by atoms with van der Waals surface area (Å²) in [4.78, 5) is 33.5. The van der Waals surface area contributed by atoms with Crippen molar-refractivity contribution in [1.82, 2.24) is 0 Å². The lowest BCUT2D eigenvalue weighted by Crippen LogP contribution is -2.34. The van der Waals surface area contributed by atoms with Gasteiger partial charge in [-0.25, -0.2) is 4.57 Å². The molecule has 0 aliphatic carbocycles. The Hall–Kier alpha value is -1.29. The van der Waals surface area contributed by atoms with E-state index in [9.17, 15) is 19.0 Å². The third kappa shape index (κ3) is 40.7. The van der Waals surface area contributed by atoms with Crippen LogP contribution in [0.5, 0.6) is 0 Å². The highest BCUT2D eigenvalue weighted by Gasteiger charge is 2.27. The van der Waals surface area contributed by atoms with Crippen LogP contribution >= 0.6 is 7.82 Å². The van der Waals surface area contributed by atoms with Crippen molar-refractivity contribution in [2.45, 2.75) is 231 Å². The first-order chi connectivity index (χ1) is 26.7. The van der Waals surface area contributed by atoms with Gasteiger partial charge in [-0.2, -0.15) is 0 Å². The Kier molecular flexibility index (Phi) is 39.9. The van der Waals surface area contributed by atoms with Crippen molar-refractivity contribution in [3.8, 4) is 0 Å². The number of ether oxygens (including phenoxy) is 2. The van der Waals surface area contributed by atoms with Gasteiger partial charge in [0.05, 0.1) is 19.8 Å². The lowest BCUT2D eigenvalue weighted by Gasteiger charge is -2.20. The van der Waals surface area contributed by atoms with Crippen molar-refractivity contribution in [3.63, 3.8) is 0 Å². The molecule has 4 N–H and O–H groups in total. The fourth-order valence-electron chi connectivity index (χ4n) is 6.48. The molecule has 0 saturated carbocycles. The van der Waals surface area contributed by atoms with Gasteiger partial charge in [-0.05, 0) is 38.5 Å². The van der Waals surface area contributed by atoms with Crippen LogP contribution in [0.2, 0.25) is 0 Å². The Morgan fingerprint density at radius 3 is 1.38 bits per heavy atom. The number of phosphoric ester groups is 1. The number of carboxylic acid groups (broad SMARTS) is 1. The predicted octanol–water partition coefficient (Wildman–Crippen LogP) is 12.5. The molecule has 0 heterocycles. The minimum atomic E-state index is -4.61. The van der Waals surface area contributed by atoms with E-state index in [0.717, 1.165) is 38.5 Å². The van der Waals surface area contributed by atoms with Crippen LogP contribution in [0.25, 0.3) is 0 Å². The number of phosphoric acid groups is 1. The number of unbranched alkanes of at least 4 members (excludes halogenated alkanes) is 28. The summed E-state index contributed by atoms with van der Waals surface area (Å²) >= 11 is 0. The topological polar surface area (TPSA) is 155 Å². The Bertz CT molecular complexity index is 935. The molecule has 0 aliphatic rings. The van der Waals surface area contributed by atoms with Crippen LogP contribution in [0.15, 0.2) is 12.2 Å². The number of hydrogen-bond donors (Lipinski definition) is 3. The fraction of sp³-hybridized carbons (Fsp3) is 0.909. The van der Waals surface area contributed by atoms with E-state index in [-0.39, 0.29) is 13.0 Å². The quantitative estimate of drug-likeness (QED) is 0.0235. The van der Waals surface area contributed by atoms with E-state index in [4.69, 9.17) is 29.4 Å². The summed E-state index contributed by atoms with van der Waals surface area (Å²) in [6.07, 6.45) is 42.6. The van der Waals surface area contributed by atoms with Gasteiger partial charge in [0.1, 0.15) is 12.1 Å². The summed E-state index contributed by atoms with van der Waals surface area (Å²) < 4.78 is 33.4. The highest BCUT2D eigenvalue weighted by molar-refractivity contribution is 7.47. The number of allylic oxidation sites excluding steroid dienone is 2. The smallest absolute Gasteiger partial charge is 0.472 e. The third-order valence-corrected chi connectivity index (χ3v) is 11.0. The van der Waals surface area contributed by atoms with Crippen molar-refractivity contribution >= 4 is 19.8 Å². The minimum Gasteiger partial charge on any atom is -0.480 e. The average Bonchev–Trinajstić information content (AvgIpc) is 3.16. The molecule has 0 aromatic heterocycles. The van der Waals surface area contributed by atoms with Gasteiger partial charge >= 0.3 is 19.8 Å². The van der Waals surface area contributed by atoms with Crippen LogP contribution < -0.4 is 5.73 Å². The Morgan fingerprint density at radius 2 is 0.945 bits per heavy atom. The monoisotopic (exact) mass is 804 g/mol. The molecular weight excluding hydrogens is 717 g/mol. The SMILES string of the molecule is CCCCCCCCC/C=C\CCCCCCCCCCOCC(COP(=O)(O)OCC(N)C(=O)O)OC(=O)CCCCCCCCCCCCCCCC. The maximum atomic E-state index is 12.6. The van der Waals surface area contributed by atoms with Gasteiger partial charge in [0.2, 0.25) is 0 Å². The lowest BCUT2D eigenvalue weighted by atomic mass is 10.0. The normalized spacial score (nSPS) is 14.0. The molecule has 11 heteroatoms. The highest BCUT2D eigenvalue weighted by atomic mass is 31.2. The summed E-state index contributed by atoms with van der Waals surface area (Å²) in [6.45, 7) is 3.91. The third-order valence-electron chi connectivity index (χ3n) is 10.0. The number of esters is 1. The lowest BCUT2D eigenvalue weighted by molar-refractivity contribution is -0.154. The number of hydrogen-bond acceptors (Lipinski definition) is 8. The Labute approximate surface area is 337 Å². The van der Waals surface area contributed by atoms with Gasteiger partial charge in [-0.15, -0.1) is 0 Å². The van der Waals surface area contributed by atoms with Gasteiger partial charge in [0.15, 0.2) is 0 Å². The van der Waals surface area contributed by atoms with Crippen LogP contribution in [-0.4, -0.2) is 60.5 Å². The molecule has 10 nitrogen and oxygen atoms in total. The maximum Gasteiger partial charge on any atom is 0.472 e. The van der Waals surface area contributed by atoms with E-state index in [1.807, 2.05) is 0 Å². The van der Waals surface area contributed by atoms with Crippen LogP contribution in [0.3, 0.4) is 0 Å². The first-order valence-electron chi connectivity index (χ1n) is 22.7. The summed E-state index contributed by atoms with van der Waals surface area (Å²) in [7, 11) is -4.61. The van der Waals surface area contributed by atoms with Gasteiger partial charge < -0.3 is 25.2 Å². The zero-order valence-electron chi connectivity index (χ0n) is 35.5. The van der Waals surface area contributed by atoms with Gasteiger partial charge in [-0.3, -0.25) is 18.6 Å². The Morgan fingerprint density at radius 1 is 0.564 bits per heavy atom. The van der Waals surface area contributed by atoms with Crippen molar-refractivity contribution in [3.05, 3.63) is 12.2 Å². The fourth-order valence-corrected chi connectivity index (χ4v) is 7.26. The number of carbonyl (C=O) groups excluding carboxylic acids is 1. The molecule has 0 bridgehead atoms. The number of carbonyl (C=O) groups is 2. The molecule has 0 saturated heterocycles. The standard InChI is InChI=1S/C44H86NO9P/c1-3-5-7-9-11-13-15-17-19-20-21-22-23-25-27-29-31-33-35-37-51-38-41(39-52-55(49,50)53-40-42(45)44(47)48)54-43(46)36-34-32-30-28-26-24-18-16-14-12-10-8-6-4-2/h19-20,41-42H,3-18,21-40,45H2,1-2H3,(H,47,48)(H,49,50)/b20-19-. The largest absolute Gasteiger partial charge is 0.480 e. The maximum absolute atomic E-state index is 12.6. The van der Waals surface area contributed by atoms with Crippen molar-refractivity contribution in [1.29, 1.82) is 0 Å². The number of rotatable bonds is 44. The molecule has 0 amide bonds. The number of nitrogens with two attached hydrogens (primary N) is 1. The molecule has 3 atom stereocenters. The van der Waals surface area contributed by atoms with Crippen molar-refractivity contribution in [2.24, 2.45) is 5.73 Å². The molecule has 0 fully saturated rings. The molecule has 55 heavy (non-hydrogen) atoms. The molecule has 0 spiro atoms. The first kappa shape index (κ1) is 53.7. The molecule has 3 unspecified atom stereocenters. The van der Waals surface area contributed by atoms with E-state index in [2.05, 4.69) is 26.0 Å². The Balaban J connectivity index is 4.17. The molecule has 0 radical (unpaired) electrons. The highest BCUT2D eigenvalue weighted by Crippen LogP contribution is 2.43. The molecular formula is C44H86NO9P. The second kappa shape index (κ2) is 40.9. The number of carboxylic acids is 1. The summed E-state index contributed by atoms with van der Waals surface area (Å²) in [5, 5.41) is 8.90. The zero-order valence-corrected chi connectivity index (χ0v) is 36.4. The van der Waals surface area contributed by atoms with Crippen LogP contribution in [0.4, 0.5) is 0 Å². The van der Waals surface area contributed by atoms with Gasteiger partial charge in [0.25, 0.3) is 0 Å². The molecule has 0 aromatic carbocycles. The second-order valence-corrected chi connectivity index (χ2v) is 17.0. The van der Waals surface area contributed by atoms with E-state index >= 15 is 0 Å².